The summed E-state index contributed by atoms with van der Waals surface area (Å²) >= 11 is 0. The Morgan fingerprint density at radius 3 is 1.51 bits per heavy atom. The lowest BCUT2D eigenvalue weighted by Crippen LogP contribution is -2.60. The van der Waals surface area contributed by atoms with Crippen LogP contribution < -0.4 is 49.1 Å². The largest absolute Gasteiger partial charge is 0.508 e. The molecule has 17 N–H and O–H groups in total. The van der Waals surface area contributed by atoms with Gasteiger partial charge in [0.05, 0.1) is 6.04 Å². The third-order valence-corrected chi connectivity index (χ3v) is 10.2. The van der Waals surface area contributed by atoms with Gasteiger partial charge in [-0.3, -0.25) is 48.1 Å². The van der Waals surface area contributed by atoms with Crippen molar-refractivity contribution in [1.82, 2.24) is 31.9 Å². The van der Waals surface area contributed by atoms with E-state index in [0.29, 0.717) is 18.4 Å². The van der Waals surface area contributed by atoms with E-state index in [0.717, 1.165) is 0 Å². The minimum Gasteiger partial charge on any atom is -0.508 e. The fourth-order valence-corrected chi connectivity index (χ4v) is 6.31. The third kappa shape index (κ3) is 22.6. The number of carboxylic acids is 4. The molecule has 0 spiro atoms. The van der Waals surface area contributed by atoms with Crippen molar-refractivity contribution in [3.8, 4) is 5.75 Å². The molecule has 8 atom stereocenters. The molecule has 1 aromatic rings. The minimum atomic E-state index is -1.73. The molecule has 24 nitrogen and oxygen atoms in total. The number of aromatic hydroxyl groups is 1. The van der Waals surface area contributed by atoms with Gasteiger partial charge >= 0.3 is 23.9 Å². The topological polar surface area (TPSA) is 417 Å². The number of benzene rings is 1. The number of rotatable bonds is 32. The van der Waals surface area contributed by atoms with Crippen LogP contribution in [0.15, 0.2) is 29.3 Å². The maximum atomic E-state index is 13.9. The van der Waals surface area contributed by atoms with Gasteiger partial charge in [0, 0.05) is 38.4 Å². The molecule has 0 fully saturated rings. The maximum absolute atomic E-state index is 13.9. The van der Waals surface area contributed by atoms with E-state index in [-0.39, 0.29) is 43.6 Å². The zero-order chi connectivity index (χ0) is 49.4. The van der Waals surface area contributed by atoms with Crippen LogP contribution >= 0.6 is 0 Å². The first-order valence-corrected chi connectivity index (χ1v) is 21.2. The van der Waals surface area contributed by atoms with Crippen molar-refractivity contribution in [3.05, 3.63) is 29.8 Å². The number of nitrogens with one attached hydrogen (secondary N) is 6. The Kier molecular flexibility index (Phi) is 25.2. The molecule has 65 heavy (non-hydrogen) atoms. The molecule has 5 amide bonds. The summed E-state index contributed by atoms with van der Waals surface area (Å²) in [5.74, 6) is -11.1. The highest BCUT2D eigenvalue weighted by Crippen LogP contribution is 2.14. The number of guanidine groups is 1. The van der Waals surface area contributed by atoms with Gasteiger partial charge in [-0.05, 0) is 68.1 Å². The predicted molar refractivity (Wildman–Crippen MR) is 234 cm³/mol. The number of amides is 5. The fraction of sp³-hybridized carbons (Fsp3) is 0.610. The molecule has 0 saturated heterocycles. The zero-order valence-electron chi connectivity index (χ0n) is 37.1. The summed E-state index contributed by atoms with van der Waals surface area (Å²) in [6, 6.07) is -3.43. The number of carboxylic acid groups (broad SMARTS) is 4. The summed E-state index contributed by atoms with van der Waals surface area (Å²) < 4.78 is 0. The first-order valence-electron chi connectivity index (χ1n) is 21.2. The molecule has 0 heterocycles. The van der Waals surface area contributed by atoms with Crippen LogP contribution in [0.5, 0.6) is 5.75 Å². The van der Waals surface area contributed by atoms with Gasteiger partial charge < -0.3 is 74.6 Å². The molecule has 0 bridgehead atoms. The Morgan fingerprint density at radius 1 is 0.631 bits per heavy atom. The van der Waals surface area contributed by atoms with Gasteiger partial charge in [-0.1, -0.05) is 46.2 Å². The molecule has 0 aromatic heterocycles. The zero-order valence-corrected chi connectivity index (χ0v) is 37.1. The van der Waals surface area contributed by atoms with Crippen molar-refractivity contribution >= 4 is 59.4 Å². The van der Waals surface area contributed by atoms with Crippen molar-refractivity contribution in [2.75, 3.05) is 13.1 Å². The standard InChI is InChI=1S/C41H66N10O14/c1-5-22(4)34(39(63)47-24(7-6-18-45-41(43)44)20-46-33(21(2)3)40(64)65)51-38(62)29(14-17-32(57)58)50-37(61)28(13-16-31(55)56)49-36(60)27(12-15-30(53)54)48-35(59)26(42)19-23-8-10-25(52)11-9-23/h8-11,21-22,24,26-29,33-34,46,52H,5-7,12-20,42H2,1-4H3,(H,47,63)(H,48,59)(H,49,60)(H,50,61)(H,51,62)(H,53,54)(H,55,56)(H,57,58)(H,64,65)(H4,43,44,45). The van der Waals surface area contributed by atoms with Crippen molar-refractivity contribution in [2.45, 2.75) is 134 Å². The second-order valence-corrected chi connectivity index (χ2v) is 16.0. The third-order valence-electron chi connectivity index (χ3n) is 10.2. The average Bonchev–Trinajstić information content (AvgIpc) is 3.22. The summed E-state index contributed by atoms with van der Waals surface area (Å²) in [4.78, 5) is 119. The maximum Gasteiger partial charge on any atom is 0.320 e. The van der Waals surface area contributed by atoms with E-state index in [4.69, 9.17) is 17.2 Å². The van der Waals surface area contributed by atoms with Gasteiger partial charge in [0.15, 0.2) is 5.96 Å². The van der Waals surface area contributed by atoms with Crippen LogP contribution in [0.1, 0.15) is 91.0 Å². The number of nitrogens with two attached hydrogens (primary N) is 3. The Labute approximate surface area is 376 Å². The number of carbonyl (C=O) groups is 9. The second kappa shape index (κ2) is 29.0. The Hall–Kier alpha value is -6.56. The number of phenols is 1. The van der Waals surface area contributed by atoms with Crippen LogP contribution in [0.3, 0.4) is 0 Å². The predicted octanol–water partition coefficient (Wildman–Crippen LogP) is -1.92. The lowest BCUT2D eigenvalue weighted by atomic mass is 9.96. The number of aliphatic carboxylic acids is 4. The molecule has 0 aliphatic heterocycles. The Balaban J connectivity index is 3.41. The van der Waals surface area contributed by atoms with Crippen LogP contribution in [0.2, 0.25) is 0 Å². The lowest BCUT2D eigenvalue weighted by molar-refractivity contribution is -0.141. The molecular formula is C41H66N10O14. The monoisotopic (exact) mass is 922 g/mol. The highest BCUT2D eigenvalue weighted by atomic mass is 16.4. The van der Waals surface area contributed by atoms with Gasteiger partial charge in [-0.25, -0.2) is 0 Å². The van der Waals surface area contributed by atoms with Crippen molar-refractivity contribution in [2.24, 2.45) is 34.0 Å². The van der Waals surface area contributed by atoms with Crippen molar-refractivity contribution < 1.29 is 68.7 Å². The van der Waals surface area contributed by atoms with Gasteiger partial charge in [0.25, 0.3) is 0 Å². The van der Waals surface area contributed by atoms with E-state index in [1.54, 1.807) is 27.7 Å². The van der Waals surface area contributed by atoms with Crippen LogP contribution in [0, 0.1) is 11.8 Å². The smallest absolute Gasteiger partial charge is 0.320 e. The molecule has 24 heteroatoms. The Bertz CT molecular complexity index is 1810. The van der Waals surface area contributed by atoms with Crippen LogP contribution in [0.25, 0.3) is 0 Å². The number of aliphatic imine (C=N–C) groups is 1. The highest BCUT2D eigenvalue weighted by molar-refractivity contribution is 5.96. The van der Waals surface area contributed by atoms with Gasteiger partial charge in [-0.15, -0.1) is 0 Å². The Morgan fingerprint density at radius 2 is 1.09 bits per heavy atom. The molecule has 8 unspecified atom stereocenters. The SMILES string of the molecule is CCC(C)C(NC(=O)C(CCC(=O)O)NC(=O)C(CCC(=O)O)NC(=O)C(CCC(=O)O)NC(=O)C(N)Cc1ccc(O)cc1)C(=O)NC(CCCN=C(N)N)CNC(C(=O)O)C(C)C. The van der Waals surface area contributed by atoms with E-state index >= 15 is 0 Å². The molecule has 0 saturated carbocycles. The summed E-state index contributed by atoms with van der Waals surface area (Å²) in [7, 11) is 0. The lowest BCUT2D eigenvalue weighted by Gasteiger charge is -2.30. The fourth-order valence-electron chi connectivity index (χ4n) is 6.31. The molecule has 1 rings (SSSR count). The molecule has 0 aliphatic rings. The number of carbonyl (C=O) groups excluding carboxylic acids is 5. The van der Waals surface area contributed by atoms with Crippen molar-refractivity contribution in [3.63, 3.8) is 0 Å². The summed E-state index contributed by atoms with van der Waals surface area (Å²) in [6.07, 6.45) is -2.64. The molecule has 1 aromatic carbocycles. The van der Waals surface area contributed by atoms with E-state index in [9.17, 15) is 68.7 Å². The van der Waals surface area contributed by atoms with E-state index in [1.165, 1.54) is 24.3 Å². The molecule has 0 radical (unpaired) electrons. The summed E-state index contributed by atoms with van der Waals surface area (Å²) in [5, 5.41) is 62.8. The van der Waals surface area contributed by atoms with Crippen LogP contribution in [0.4, 0.5) is 0 Å². The van der Waals surface area contributed by atoms with Gasteiger partial charge in [-0.2, -0.15) is 0 Å². The van der Waals surface area contributed by atoms with Crippen LogP contribution in [-0.4, -0.2) is 140 Å². The first-order chi connectivity index (χ1) is 30.4. The van der Waals surface area contributed by atoms with Crippen LogP contribution in [-0.2, 0) is 49.6 Å². The number of phenolic OH excluding ortho intramolecular Hbond substituents is 1. The molecule has 0 aliphatic carbocycles. The summed E-state index contributed by atoms with van der Waals surface area (Å²) in [5.41, 5.74) is 17.4. The molecule has 364 valence electrons. The number of hydrogen-bond donors (Lipinski definition) is 14. The minimum absolute atomic E-state index is 0.00190. The van der Waals surface area contributed by atoms with E-state index in [2.05, 4.69) is 36.9 Å². The number of hydrogen-bond acceptors (Lipinski definition) is 13. The van der Waals surface area contributed by atoms with E-state index < -0.39 is 140 Å². The number of nitrogens with zero attached hydrogens (tertiary/aromatic N) is 1. The van der Waals surface area contributed by atoms with E-state index in [1.807, 2.05) is 0 Å². The normalized spacial score (nSPS) is 14.7. The van der Waals surface area contributed by atoms with Crippen molar-refractivity contribution in [1.29, 1.82) is 0 Å². The quantitative estimate of drug-likeness (QED) is 0.0213. The highest BCUT2D eigenvalue weighted by Gasteiger charge is 2.34. The van der Waals surface area contributed by atoms with Gasteiger partial charge in [0.2, 0.25) is 29.5 Å². The first kappa shape index (κ1) is 56.5. The molecular weight excluding hydrogens is 857 g/mol. The average molecular weight is 923 g/mol. The second-order valence-electron chi connectivity index (χ2n) is 16.0. The summed E-state index contributed by atoms with van der Waals surface area (Å²) in [6.45, 7) is 6.98. The van der Waals surface area contributed by atoms with Gasteiger partial charge in [0.1, 0.15) is 36.0 Å².